The summed E-state index contributed by atoms with van der Waals surface area (Å²) < 4.78 is 0. The molecular weight excluding hydrogens is 410 g/mol. The van der Waals surface area contributed by atoms with E-state index in [0.29, 0.717) is 12.1 Å². The first-order chi connectivity index (χ1) is 16.2. The molecule has 1 N–H and O–H groups in total. The van der Waals surface area contributed by atoms with E-state index in [4.69, 9.17) is 6.57 Å². The summed E-state index contributed by atoms with van der Waals surface area (Å²) in [5.41, 5.74) is 5.40. The smallest absolute Gasteiger partial charge is 0.226 e. The highest BCUT2D eigenvalue weighted by atomic mass is 16.2. The van der Waals surface area contributed by atoms with Crippen LogP contribution in [-0.2, 0) is 11.2 Å². The molecule has 0 radical (unpaired) electrons. The van der Waals surface area contributed by atoms with Gasteiger partial charge in [-0.3, -0.25) is 9.69 Å². The van der Waals surface area contributed by atoms with Crippen molar-refractivity contribution in [2.45, 2.75) is 32.1 Å². The Morgan fingerprint density at radius 1 is 0.939 bits per heavy atom. The fraction of sp³-hybridized carbons (Fsp3) is 0.407. The largest absolute Gasteiger partial charge is 0.369 e. The number of aromatic amines is 1. The number of benzene rings is 2. The van der Waals surface area contributed by atoms with Gasteiger partial charge in [0.25, 0.3) is 0 Å². The number of carbonyl (C=O) groups excluding carboxylic acids is 1. The molecule has 0 atom stereocenters. The number of piperidine rings is 1. The second-order valence-electron chi connectivity index (χ2n) is 9.11. The van der Waals surface area contributed by atoms with E-state index < -0.39 is 0 Å². The fourth-order valence-electron chi connectivity index (χ4n) is 5.09. The number of H-pyrrole nitrogens is 1. The number of hydrogen-bond acceptors (Lipinski definition) is 3. The molecule has 0 spiro atoms. The van der Waals surface area contributed by atoms with E-state index >= 15 is 0 Å². The molecule has 170 valence electrons. The molecule has 3 heterocycles. The highest BCUT2D eigenvalue weighted by molar-refractivity contribution is 5.94. The van der Waals surface area contributed by atoms with Crippen LogP contribution in [-0.4, -0.2) is 55.1 Å². The molecule has 1 aromatic heterocycles. The lowest BCUT2D eigenvalue weighted by molar-refractivity contribution is -0.119. The minimum absolute atomic E-state index is 0.252. The van der Waals surface area contributed by atoms with Gasteiger partial charge in [0.1, 0.15) is 0 Å². The Morgan fingerprint density at radius 3 is 2.48 bits per heavy atom. The summed E-state index contributed by atoms with van der Waals surface area (Å²) in [6.07, 6.45) is 7.02. The van der Waals surface area contributed by atoms with E-state index in [-0.39, 0.29) is 5.91 Å². The Balaban J connectivity index is 1.10. The third-order valence-corrected chi connectivity index (χ3v) is 7.02. The van der Waals surface area contributed by atoms with Crippen molar-refractivity contribution in [1.82, 2.24) is 9.88 Å². The number of fused-ring (bicyclic) bond motifs is 1. The summed E-state index contributed by atoms with van der Waals surface area (Å²) in [5.74, 6) is 0.252. The number of amides is 1. The van der Waals surface area contributed by atoms with E-state index in [1.54, 1.807) is 0 Å². The maximum Gasteiger partial charge on any atom is 0.226 e. The zero-order valence-electron chi connectivity index (χ0n) is 19.1. The van der Waals surface area contributed by atoms with Crippen LogP contribution in [0, 0.1) is 6.57 Å². The lowest BCUT2D eigenvalue weighted by Crippen LogP contribution is -2.46. The lowest BCUT2D eigenvalue weighted by atomic mass is 10.1. The Labute approximate surface area is 195 Å². The standard InChI is InChI=1S/C27H31N5O/c1-28-22-7-12-26-25(19-22)21(20-29-26)5-4-13-30-15-17-31(18-16-30)23-8-10-24(11-9-23)32-14-3-2-6-27(32)33/h7-12,19-20,29H,2-6,13-18H2. The van der Waals surface area contributed by atoms with Gasteiger partial charge in [-0.25, -0.2) is 4.85 Å². The third-order valence-electron chi connectivity index (χ3n) is 7.02. The van der Waals surface area contributed by atoms with Crippen LogP contribution in [0.1, 0.15) is 31.2 Å². The second kappa shape index (κ2) is 9.68. The average molecular weight is 442 g/mol. The molecule has 6 heteroatoms. The van der Waals surface area contributed by atoms with Crippen LogP contribution in [0.3, 0.4) is 0 Å². The minimum atomic E-state index is 0.252. The quantitative estimate of drug-likeness (QED) is 0.548. The van der Waals surface area contributed by atoms with Gasteiger partial charge in [-0.2, -0.15) is 0 Å². The molecule has 2 fully saturated rings. The van der Waals surface area contributed by atoms with Gasteiger partial charge in [0.05, 0.1) is 6.57 Å². The monoisotopic (exact) mass is 441 g/mol. The molecule has 0 saturated carbocycles. The predicted octanol–water partition coefficient (Wildman–Crippen LogP) is 4.99. The van der Waals surface area contributed by atoms with Crippen molar-refractivity contribution >= 4 is 33.9 Å². The van der Waals surface area contributed by atoms with Crippen LogP contribution in [0.2, 0.25) is 0 Å². The van der Waals surface area contributed by atoms with Crippen LogP contribution in [0.5, 0.6) is 0 Å². The molecule has 2 aliphatic heterocycles. The summed E-state index contributed by atoms with van der Waals surface area (Å²) >= 11 is 0. The summed E-state index contributed by atoms with van der Waals surface area (Å²) in [5, 5.41) is 1.18. The molecule has 33 heavy (non-hydrogen) atoms. The van der Waals surface area contributed by atoms with E-state index in [1.807, 2.05) is 23.1 Å². The predicted molar refractivity (Wildman–Crippen MR) is 134 cm³/mol. The number of aryl methyl sites for hydroxylation is 1. The number of anilines is 2. The van der Waals surface area contributed by atoms with Gasteiger partial charge < -0.3 is 14.8 Å². The number of rotatable bonds is 6. The number of piperazine rings is 1. The fourth-order valence-corrected chi connectivity index (χ4v) is 5.09. The van der Waals surface area contributed by atoms with Crippen molar-refractivity contribution in [2.24, 2.45) is 0 Å². The molecule has 0 unspecified atom stereocenters. The van der Waals surface area contributed by atoms with Crippen LogP contribution >= 0.6 is 0 Å². The topological polar surface area (TPSA) is 46.9 Å². The molecule has 2 aliphatic rings. The first kappa shape index (κ1) is 21.5. The normalized spacial score (nSPS) is 17.5. The average Bonchev–Trinajstić information content (AvgIpc) is 3.27. The Bertz CT molecular complexity index is 1150. The van der Waals surface area contributed by atoms with Gasteiger partial charge >= 0.3 is 0 Å². The maximum atomic E-state index is 12.2. The highest BCUT2D eigenvalue weighted by Gasteiger charge is 2.21. The molecule has 6 nitrogen and oxygen atoms in total. The number of nitrogens with one attached hydrogen (secondary N) is 1. The molecule has 3 aromatic rings. The van der Waals surface area contributed by atoms with E-state index in [1.165, 1.54) is 16.6 Å². The van der Waals surface area contributed by atoms with E-state index in [0.717, 1.165) is 76.2 Å². The number of aromatic nitrogens is 1. The second-order valence-corrected chi connectivity index (χ2v) is 9.11. The first-order valence-corrected chi connectivity index (χ1v) is 12.1. The van der Waals surface area contributed by atoms with Crippen molar-refractivity contribution in [2.75, 3.05) is 49.1 Å². The Hall–Kier alpha value is -3.30. The Kier molecular flexibility index (Phi) is 6.32. The van der Waals surface area contributed by atoms with Crippen LogP contribution in [0.25, 0.3) is 15.7 Å². The first-order valence-electron chi connectivity index (χ1n) is 12.1. The summed E-state index contributed by atoms with van der Waals surface area (Å²) in [4.78, 5) is 26.0. The van der Waals surface area contributed by atoms with Crippen molar-refractivity contribution in [3.63, 3.8) is 0 Å². The molecule has 5 rings (SSSR count). The van der Waals surface area contributed by atoms with Crippen molar-refractivity contribution in [3.05, 3.63) is 65.6 Å². The summed E-state index contributed by atoms with van der Waals surface area (Å²) in [6, 6.07) is 14.4. The zero-order valence-corrected chi connectivity index (χ0v) is 19.1. The zero-order chi connectivity index (χ0) is 22.6. The molecular formula is C27H31N5O. The third kappa shape index (κ3) is 4.74. The van der Waals surface area contributed by atoms with E-state index in [9.17, 15) is 4.79 Å². The van der Waals surface area contributed by atoms with Gasteiger partial charge in [0.2, 0.25) is 5.91 Å². The maximum absolute atomic E-state index is 12.2. The van der Waals surface area contributed by atoms with Gasteiger partial charge in [0, 0.05) is 62.2 Å². The summed E-state index contributed by atoms with van der Waals surface area (Å²) in [7, 11) is 0. The number of nitrogens with zero attached hydrogens (tertiary/aromatic N) is 4. The minimum Gasteiger partial charge on any atom is -0.369 e. The van der Waals surface area contributed by atoms with Crippen LogP contribution in [0.4, 0.5) is 17.1 Å². The van der Waals surface area contributed by atoms with Crippen LogP contribution in [0.15, 0.2) is 48.7 Å². The molecule has 2 aromatic carbocycles. The molecule has 0 bridgehead atoms. The molecule has 1 amide bonds. The van der Waals surface area contributed by atoms with Gasteiger partial charge in [-0.15, -0.1) is 0 Å². The molecule has 0 aliphatic carbocycles. The van der Waals surface area contributed by atoms with E-state index in [2.05, 4.69) is 50.1 Å². The lowest BCUT2D eigenvalue weighted by Gasteiger charge is -2.36. The van der Waals surface area contributed by atoms with Crippen LogP contribution < -0.4 is 9.80 Å². The van der Waals surface area contributed by atoms with Gasteiger partial charge in [-0.1, -0.05) is 6.07 Å². The van der Waals surface area contributed by atoms with Crippen molar-refractivity contribution in [3.8, 4) is 0 Å². The van der Waals surface area contributed by atoms with Gasteiger partial charge in [0.15, 0.2) is 5.69 Å². The number of hydrogen-bond donors (Lipinski definition) is 1. The highest BCUT2D eigenvalue weighted by Crippen LogP contribution is 2.26. The van der Waals surface area contributed by atoms with Gasteiger partial charge in [-0.05, 0) is 79.6 Å². The molecule has 2 saturated heterocycles. The summed E-state index contributed by atoms with van der Waals surface area (Å²) in [6.45, 7) is 13.4. The SMILES string of the molecule is [C-]#[N+]c1ccc2[nH]cc(CCCN3CCN(c4ccc(N5CCCCC5=O)cc4)CC3)c2c1. The van der Waals surface area contributed by atoms with Crippen molar-refractivity contribution < 1.29 is 4.79 Å². The Morgan fingerprint density at radius 2 is 1.73 bits per heavy atom. The number of carbonyl (C=O) groups is 1. The van der Waals surface area contributed by atoms with Crippen molar-refractivity contribution in [1.29, 1.82) is 0 Å².